The maximum atomic E-state index is 11.9. The Morgan fingerprint density at radius 2 is 1.79 bits per heavy atom. The monoisotopic (exact) mass is 278 g/mol. The quantitative estimate of drug-likeness (QED) is 0.850. The molecule has 0 saturated carbocycles. The van der Waals surface area contributed by atoms with Gasteiger partial charge in [0.25, 0.3) is 0 Å². The SMILES string of the molecule is O=C([O-])CCNS(=O)(=O)c1ccc2ccccc2c1. The number of aliphatic carboxylic acids is 1. The largest absolute Gasteiger partial charge is 0.550 e. The summed E-state index contributed by atoms with van der Waals surface area (Å²) in [5.41, 5.74) is 0. The van der Waals surface area contributed by atoms with Crippen LogP contribution in [0.2, 0.25) is 0 Å². The third kappa shape index (κ3) is 3.30. The van der Waals surface area contributed by atoms with Crippen LogP contribution in [-0.2, 0) is 14.8 Å². The Balaban J connectivity index is 2.25. The first-order valence-electron chi connectivity index (χ1n) is 5.67. The second kappa shape index (κ2) is 5.38. The van der Waals surface area contributed by atoms with Gasteiger partial charge in [0.1, 0.15) is 0 Å². The highest BCUT2D eigenvalue weighted by molar-refractivity contribution is 7.89. The van der Waals surface area contributed by atoms with E-state index in [4.69, 9.17) is 0 Å². The first kappa shape index (κ1) is 13.5. The maximum Gasteiger partial charge on any atom is 0.240 e. The molecule has 0 radical (unpaired) electrons. The lowest BCUT2D eigenvalue weighted by Crippen LogP contribution is -2.31. The summed E-state index contributed by atoms with van der Waals surface area (Å²) in [5.74, 6) is -1.29. The molecular formula is C13H12NO4S-. The molecule has 0 atom stereocenters. The molecular weight excluding hydrogens is 266 g/mol. The van der Waals surface area contributed by atoms with Gasteiger partial charge in [-0.15, -0.1) is 0 Å². The number of carbonyl (C=O) groups is 1. The van der Waals surface area contributed by atoms with Crippen LogP contribution in [0.5, 0.6) is 0 Å². The number of hydrogen-bond acceptors (Lipinski definition) is 4. The Hall–Kier alpha value is -1.92. The summed E-state index contributed by atoms with van der Waals surface area (Å²) >= 11 is 0. The van der Waals surface area contributed by atoms with Gasteiger partial charge in [0.2, 0.25) is 10.0 Å². The number of sulfonamides is 1. The van der Waals surface area contributed by atoms with E-state index in [0.29, 0.717) is 0 Å². The molecule has 19 heavy (non-hydrogen) atoms. The average molecular weight is 278 g/mol. The summed E-state index contributed by atoms with van der Waals surface area (Å²) in [6.07, 6.45) is -0.354. The maximum absolute atomic E-state index is 11.9. The summed E-state index contributed by atoms with van der Waals surface area (Å²) in [4.78, 5) is 10.4. The first-order valence-corrected chi connectivity index (χ1v) is 7.16. The third-order valence-corrected chi connectivity index (χ3v) is 4.11. The van der Waals surface area contributed by atoms with E-state index in [1.807, 2.05) is 24.3 Å². The summed E-state index contributed by atoms with van der Waals surface area (Å²) in [7, 11) is -3.69. The van der Waals surface area contributed by atoms with Crippen molar-refractivity contribution in [3.63, 3.8) is 0 Å². The Kier molecular flexibility index (Phi) is 3.82. The second-order valence-electron chi connectivity index (χ2n) is 4.03. The van der Waals surface area contributed by atoms with Gasteiger partial charge >= 0.3 is 0 Å². The molecule has 6 heteroatoms. The molecule has 0 aliphatic rings. The fraction of sp³-hybridized carbons (Fsp3) is 0.154. The zero-order chi connectivity index (χ0) is 13.9. The number of benzene rings is 2. The zero-order valence-corrected chi connectivity index (χ0v) is 10.8. The number of fused-ring (bicyclic) bond motifs is 1. The van der Waals surface area contributed by atoms with Gasteiger partial charge in [0, 0.05) is 18.9 Å². The number of rotatable bonds is 5. The highest BCUT2D eigenvalue weighted by Gasteiger charge is 2.13. The van der Waals surface area contributed by atoms with E-state index in [0.717, 1.165) is 10.8 Å². The predicted octanol–water partition coefficient (Wildman–Crippen LogP) is 0.258. The zero-order valence-electron chi connectivity index (χ0n) is 10.00. The van der Waals surface area contributed by atoms with E-state index in [1.165, 1.54) is 6.07 Å². The van der Waals surface area contributed by atoms with Crippen LogP contribution in [-0.4, -0.2) is 20.9 Å². The molecule has 0 heterocycles. The highest BCUT2D eigenvalue weighted by atomic mass is 32.2. The summed E-state index contributed by atoms with van der Waals surface area (Å²) in [5, 5.41) is 12.0. The molecule has 0 saturated heterocycles. The van der Waals surface area contributed by atoms with E-state index in [2.05, 4.69) is 4.72 Å². The van der Waals surface area contributed by atoms with Crippen molar-refractivity contribution >= 4 is 26.8 Å². The Morgan fingerprint density at radius 1 is 1.11 bits per heavy atom. The van der Waals surface area contributed by atoms with Gasteiger partial charge in [0.15, 0.2) is 0 Å². The summed E-state index contributed by atoms with van der Waals surface area (Å²) in [6.45, 7) is -0.183. The van der Waals surface area contributed by atoms with Gasteiger partial charge in [-0.2, -0.15) is 0 Å². The molecule has 5 nitrogen and oxygen atoms in total. The second-order valence-corrected chi connectivity index (χ2v) is 5.80. The molecule has 0 bridgehead atoms. The van der Waals surface area contributed by atoms with Gasteiger partial charge in [-0.1, -0.05) is 30.3 Å². The molecule has 0 aliphatic heterocycles. The number of hydrogen-bond donors (Lipinski definition) is 1. The number of carboxylic acid groups (broad SMARTS) is 1. The van der Waals surface area contributed by atoms with Crippen molar-refractivity contribution < 1.29 is 18.3 Å². The highest BCUT2D eigenvalue weighted by Crippen LogP contribution is 2.18. The van der Waals surface area contributed by atoms with Crippen molar-refractivity contribution in [2.45, 2.75) is 11.3 Å². The Labute approximate surface area is 110 Å². The molecule has 0 fully saturated rings. The number of carbonyl (C=O) groups excluding carboxylic acids is 1. The third-order valence-electron chi connectivity index (χ3n) is 2.65. The van der Waals surface area contributed by atoms with Gasteiger partial charge in [-0.05, 0) is 22.9 Å². The van der Waals surface area contributed by atoms with Crippen LogP contribution >= 0.6 is 0 Å². The van der Waals surface area contributed by atoms with E-state index < -0.39 is 16.0 Å². The lowest BCUT2D eigenvalue weighted by atomic mass is 10.1. The minimum Gasteiger partial charge on any atom is -0.550 e. The molecule has 0 aromatic heterocycles. The van der Waals surface area contributed by atoms with Crippen molar-refractivity contribution in [1.82, 2.24) is 4.72 Å². The molecule has 0 unspecified atom stereocenters. The van der Waals surface area contributed by atoms with Crippen molar-refractivity contribution in [2.75, 3.05) is 6.54 Å². The van der Waals surface area contributed by atoms with Gasteiger partial charge in [-0.25, -0.2) is 13.1 Å². The van der Waals surface area contributed by atoms with Crippen LogP contribution in [0, 0.1) is 0 Å². The van der Waals surface area contributed by atoms with E-state index in [1.54, 1.807) is 12.1 Å². The topological polar surface area (TPSA) is 86.3 Å². The van der Waals surface area contributed by atoms with Crippen molar-refractivity contribution in [3.05, 3.63) is 42.5 Å². The fourth-order valence-corrected chi connectivity index (χ4v) is 2.77. The standard InChI is InChI=1S/C13H13NO4S/c15-13(16)7-8-14-19(17,18)12-6-5-10-3-1-2-4-11(10)9-12/h1-6,9,14H,7-8H2,(H,15,16)/p-1. The van der Waals surface area contributed by atoms with Gasteiger partial charge in [-0.3, -0.25) is 0 Å². The normalized spacial score (nSPS) is 11.6. The lowest BCUT2D eigenvalue weighted by Gasteiger charge is -2.08. The molecule has 0 spiro atoms. The minimum absolute atomic E-state index is 0.115. The van der Waals surface area contributed by atoms with Crippen molar-refractivity contribution in [3.8, 4) is 0 Å². The molecule has 0 amide bonds. The van der Waals surface area contributed by atoms with E-state index in [9.17, 15) is 18.3 Å². The molecule has 2 aromatic carbocycles. The van der Waals surface area contributed by atoms with Crippen molar-refractivity contribution in [1.29, 1.82) is 0 Å². The molecule has 0 aliphatic carbocycles. The fourth-order valence-electron chi connectivity index (χ4n) is 1.71. The predicted molar refractivity (Wildman–Crippen MR) is 68.8 cm³/mol. The molecule has 2 rings (SSSR count). The van der Waals surface area contributed by atoms with Gasteiger partial charge < -0.3 is 9.90 Å². The Morgan fingerprint density at radius 3 is 2.47 bits per heavy atom. The van der Waals surface area contributed by atoms with Crippen molar-refractivity contribution in [2.24, 2.45) is 0 Å². The summed E-state index contributed by atoms with van der Waals surface area (Å²) < 4.78 is 26.1. The molecule has 2 aromatic rings. The van der Waals surface area contributed by atoms with Crippen LogP contribution in [0.4, 0.5) is 0 Å². The number of nitrogens with one attached hydrogen (secondary N) is 1. The van der Waals surface area contributed by atoms with Crippen LogP contribution < -0.4 is 9.83 Å². The van der Waals surface area contributed by atoms with E-state index in [-0.39, 0.29) is 17.9 Å². The van der Waals surface area contributed by atoms with Crippen LogP contribution in [0.1, 0.15) is 6.42 Å². The molecule has 1 N–H and O–H groups in total. The molecule has 100 valence electrons. The average Bonchev–Trinajstić information content (AvgIpc) is 2.37. The van der Waals surface area contributed by atoms with Gasteiger partial charge in [0.05, 0.1) is 4.90 Å². The summed E-state index contributed by atoms with van der Waals surface area (Å²) in [6, 6.07) is 12.1. The smallest absolute Gasteiger partial charge is 0.240 e. The number of carboxylic acids is 1. The van der Waals surface area contributed by atoms with Crippen LogP contribution in [0.3, 0.4) is 0 Å². The first-order chi connectivity index (χ1) is 8.99. The van der Waals surface area contributed by atoms with Crippen LogP contribution in [0.25, 0.3) is 10.8 Å². The minimum atomic E-state index is -3.69. The van der Waals surface area contributed by atoms with Crippen LogP contribution in [0.15, 0.2) is 47.4 Å². The Bertz CT molecular complexity index is 709. The van der Waals surface area contributed by atoms with E-state index >= 15 is 0 Å². The lowest BCUT2D eigenvalue weighted by molar-refractivity contribution is -0.305.